The van der Waals surface area contributed by atoms with Gasteiger partial charge >= 0.3 is 0 Å². The summed E-state index contributed by atoms with van der Waals surface area (Å²) in [5, 5.41) is 7.48. The van der Waals surface area contributed by atoms with E-state index in [1.54, 1.807) is 0 Å². The zero-order chi connectivity index (χ0) is 30.2. The van der Waals surface area contributed by atoms with Crippen LogP contribution in [0.4, 0.5) is 0 Å². The van der Waals surface area contributed by atoms with Crippen LogP contribution in [-0.2, 0) is 0 Å². The standard InChI is InChI=1S/C42H26BN3/c1-3-11-31-27(9-1)19-23-37-40(31)41-32-12-4-2-10-28(32)20-24-38(41)46(37)39-25-26-44-42(45-39)29-17-21-30(22-18-29)43-35-15-7-5-13-33(35)34-14-6-8-16-36(34)43/h1-26H. The van der Waals surface area contributed by atoms with Crippen molar-refractivity contribution in [3.05, 3.63) is 158 Å². The summed E-state index contributed by atoms with van der Waals surface area (Å²) in [7, 11) is 0. The quantitative estimate of drug-likeness (QED) is 0.197. The summed E-state index contributed by atoms with van der Waals surface area (Å²) < 4.78 is 2.30. The number of hydrogen-bond donors (Lipinski definition) is 0. The van der Waals surface area contributed by atoms with Gasteiger partial charge in [0.1, 0.15) is 5.82 Å². The van der Waals surface area contributed by atoms with E-state index < -0.39 is 0 Å². The predicted octanol–water partition coefficient (Wildman–Crippen LogP) is 8.04. The molecule has 3 nitrogen and oxygen atoms in total. The van der Waals surface area contributed by atoms with Gasteiger partial charge in [-0.1, -0.05) is 150 Å². The summed E-state index contributed by atoms with van der Waals surface area (Å²) in [5.41, 5.74) is 9.94. The van der Waals surface area contributed by atoms with Crippen LogP contribution in [0.2, 0.25) is 0 Å². The van der Waals surface area contributed by atoms with Crippen LogP contribution in [-0.4, -0.2) is 21.2 Å². The van der Waals surface area contributed by atoms with Crippen LogP contribution in [0.5, 0.6) is 0 Å². The average molecular weight is 584 g/mol. The molecule has 9 aromatic rings. The van der Waals surface area contributed by atoms with E-state index in [4.69, 9.17) is 9.97 Å². The second kappa shape index (κ2) is 9.75. The Labute approximate surface area is 266 Å². The minimum atomic E-state index is 0.218. The SMILES string of the molecule is c1ccc2c(c1)B(c1ccc(-c3nccc(-n4c5ccc6ccccc6c5c5c6ccccc6ccc54)n3)cc1)c1ccccc1-2. The fourth-order valence-corrected chi connectivity index (χ4v) is 7.75. The molecule has 0 bridgehead atoms. The molecule has 0 atom stereocenters. The molecule has 0 aliphatic carbocycles. The van der Waals surface area contributed by atoms with Crippen LogP contribution in [0.25, 0.3) is 71.7 Å². The molecule has 0 N–H and O–H groups in total. The van der Waals surface area contributed by atoms with Gasteiger partial charge in [-0.25, -0.2) is 9.97 Å². The van der Waals surface area contributed by atoms with Gasteiger partial charge in [0.05, 0.1) is 11.0 Å². The first kappa shape index (κ1) is 25.3. The van der Waals surface area contributed by atoms with E-state index in [1.165, 1.54) is 59.8 Å². The molecule has 7 aromatic carbocycles. The minimum Gasteiger partial charge on any atom is -0.294 e. The Balaban J connectivity index is 1.13. The van der Waals surface area contributed by atoms with Crippen LogP contribution >= 0.6 is 0 Å². The van der Waals surface area contributed by atoms with Crippen molar-refractivity contribution in [1.82, 2.24) is 14.5 Å². The van der Waals surface area contributed by atoms with Gasteiger partial charge in [0.15, 0.2) is 5.82 Å². The van der Waals surface area contributed by atoms with E-state index in [1.807, 2.05) is 12.3 Å². The van der Waals surface area contributed by atoms with Gasteiger partial charge in [0.2, 0.25) is 6.71 Å². The molecule has 0 spiro atoms. The molecule has 0 radical (unpaired) electrons. The smallest absolute Gasteiger partial charge is 0.242 e. The number of fused-ring (bicyclic) bond motifs is 10. The highest BCUT2D eigenvalue weighted by molar-refractivity contribution is 6.99. The second-order valence-corrected chi connectivity index (χ2v) is 12.2. The van der Waals surface area contributed by atoms with Crippen LogP contribution in [0.15, 0.2) is 158 Å². The molecule has 212 valence electrons. The van der Waals surface area contributed by atoms with Gasteiger partial charge in [-0.3, -0.25) is 4.57 Å². The zero-order valence-electron chi connectivity index (χ0n) is 24.9. The molecule has 10 rings (SSSR count). The second-order valence-electron chi connectivity index (χ2n) is 12.2. The lowest BCUT2D eigenvalue weighted by atomic mass is 9.39. The van der Waals surface area contributed by atoms with E-state index >= 15 is 0 Å². The fraction of sp³-hybridized carbons (Fsp3) is 0. The van der Waals surface area contributed by atoms with Gasteiger partial charge in [0.25, 0.3) is 0 Å². The molecule has 0 unspecified atom stereocenters. The molecule has 0 fully saturated rings. The van der Waals surface area contributed by atoms with Gasteiger partial charge in [-0.2, -0.15) is 0 Å². The van der Waals surface area contributed by atoms with Crippen molar-refractivity contribution in [1.29, 1.82) is 0 Å². The first-order valence-electron chi connectivity index (χ1n) is 15.8. The first-order chi connectivity index (χ1) is 22.8. The van der Waals surface area contributed by atoms with E-state index in [2.05, 4.69) is 150 Å². The normalized spacial score (nSPS) is 12.3. The molecule has 1 aliphatic heterocycles. The Morgan fingerprint density at radius 1 is 0.478 bits per heavy atom. The molecular weight excluding hydrogens is 557 g/mol. The van der Waals surface area contributed by atoms with Crippen molar-refractivity contribution in [3.8, 4) is 28.3 Å². The lowest BCUT2D eigenvalue weighted by molar-refractivity contribution is 1.04. The van der Waals surface area contributed by atoms with Crippen LogP contribution in [0, 0.1) is 0 Å². The topological polar surface area (TPSA) is 30.7 Å². The van der Waals surface area contributed by atoms with Crippen molar-refractivity contribution >= 4 is 66.5 Å². The molecular formula is C42H26BN3. The highest BCUT2D eigenvalue weighted by Crippen LogP contribution is 2.40. The molecule has 0 saturated carbocycles. The molecule has 0 saturated heterocycles. The molecule has 2 aromatic heterocycles. The van der Waals surface area contributed by atoms with Crippen molar-refractivity contribution in [2.45, 2.75) is 0 Å². The molecule has 1 aliphatic rings. The Kier molecular flexibility index (Phi) is 5.37. The summed E-state index contributed by atoms with van der Waals surface area (Å²) in [5.74, 6) is 1.58. The first-order valence-corrected chi connectivity index (χ1v) is 15.8. The van der Waals surface area contributed by atoms with E-state index in [-0.39, 0.29) is 6.71 Å². The van der Waals surface area contributed by atoms with Crippen molar-refractivity contribution < 1.29 is 0 Å². The summed E-state index contributed by atoms with van der Waals surface area (Å²) >= 11 is 0. The largest absolute Gasteiger partial charge is 0.294 e. The minimum absolute atomic E-state index is 0.218. The summed E-state index contributed by atoms with van der Waals surface area (Å²) in [6.07, 6.45) is 1.88. The number of benzene rings is 7. The van der Waals surface area contributed by atoms with Crippen LogP contribution in [0.1, 0.15) is 0 Å². The summed E-state index contributed by atoms with van der Waals surface area (Å²) in [4.78, 5) is 9.95. The van der Waals surface area contributed by atoms with E-state index in [0.717, 1.165) is 22.4 Å². The highest BCUT2D eigenvalue weighted by atomic mass is 15.1. The molecule has 3 heterocycles. The van der Waals surface area contributed by atoms with Crippen molar-refractivity contribution in [2.24, 2.45) is 0 Å². The van der Waals surface area contributed by atoms with Crippen molar-refractivity contribution in [3.63, 3.8) is 0 Å². The maximum absolute atomic E-state index is 5.20. The van der Waals surface area contributed by atoms with Gasteiger partial charge in [-0.05, 0) is 50.9 Å². The number of nitrogens with zero attached hydrogens (tertiary/aromatic N) is 3. The molecule has 0 amide bonds. The van der Waals surface area contributed by atoms with Crippen LogP contribution in [0.3, 0.4) is 0 Å². The third-order valence-corrected chi connectivity index (χ3v) is 9.75. The maximum atomic E-state index is 5.20. The van der Waals surface area contributed by atoms with Gasteiger partial charge in [0, 0.05) is 22.5 Å². The Hall–Kier alpha value is -6.00. The lowest BCUT2D eigenvalue weighted by Crippen LogP contribution is -2.48. The fourth-order valence-electron chi connectivity index (χ4n) is 7.75. The lowest BCUT2D eigenvalue weighted by Gasteiger charge is -2.12. The summed E-state index contributed by atoms with van der Waals surface area (Å²) in [6.45, 7) is 0.218. The van der Waals surface area contributed by atoms with Crippen molar-refractivity contribution in [2.75, 3.05) is 0 Å². The third-order valence-electron chi connectivity index (χ3n) is 9.75. The Bertz CT molecular complexity index is 2510. The van der Waals surface area contributed by atoms with E-state index in [0.29, 0.717) is 5.82 Å². The highest BCUT2D eigenvalue weighted by Gasteiger charge is 2.32. The maximum Gasteiger partial charge on any atom is 0.242 e. The van der Waals surface area contributed by atoms with E-state index in [9.17, 15) is 0 Å². The van der Waals surface area contributed by atoms with Crippen LogP contribution < -0.4 is 16.4 Å². The Morgan fingerprint density at radius 3 is 1.63 bits per heavy atom. The number of aromatic nitrogens is 3. The molecule has 4 heteroatoms. The van der Waals surface area contributed by atoms with Gasteiger partial charge < -0.3 is 0 Å². The monoisotopic (exact) mass is 583 g/mol. The zero-order valence-corrected chi connectivity index (χ0v) is 24.9. The number of rotatable bonds is 3. The molecule has 46 heavy (non-hydrogen) atoms. The predicted molar refractivity (Wildman–Crippen MR) is 193 cm³/mol. The van der Waals surface area contributed by atoms with Gasteiger partial charge in [-0.15, -0.1) is 0 Å². The number of hydrogen-bond acceptors (Lipinski definition) is 2. The third kappa shape index (κ3) is 3.61. The average Bonchev–Trinajstić information content (AvgIpc) is 3.65. The Morgan fingerprint density at radius 2 is 1.02 bits per heavy atom. The summed E-state index contributed by atoms with van der Waals surface area (Å²) in [6, 6.07) is 54.6.